The van der Waals surface area contributed by atoms with Gasteiger partial charge in [0.05, 0.1) is 0 Å². The van der Waals surface area contributed by atoms with Crippen LogP contribution in [0.15, 0.2) is 5.16 Å². The van der Waals surface area contributed by atoms with Gasteiger partial charge in [0.15, 0.2) is 11.8 Å². The SMILES string of the molecule is CC1CON=C1[N+](=O)[O-]. The molecule has 1 unspecified atom stereocenters. The lowest BCUT2D eigenvalue weighted by Crippen LogP contribution is -2.17. The molecule has 0 saturated carbocycles. The number of hydrogen-bond donors (Lipinski definition) is 0. The van der Waals surface area contributed by atoms with Gasteiger partial charge in [-0.3, -0.25) is 4.84 Å². The van der Waals surface area contributed by atoms with E-state index in [9.17, 15) is 10.1 Å². The van der Waals surface area contributed by atoms with Crippen molar-refractivity contribution in [1.29, 1.82) is 0 Å². The standard InChI is InChI=1S/C4H6N2O3/c1-3-2-9-5-4(3)6(7)8/h3H,2H2,1H3. The molecule has 0 amide bonds. The summed E-state index contributed by atoms with van der Waals surface area (Å²) in [6, 6.07) is 0. The zero-order valence-corrected chi connectivity index (χ0v) is 4.90. The molecule has 5 nitrogen and oxygen atoms in total. The first kappa shape index (κ1) is 6.00. The third-order valence-corrected chi connectivity index (χ3v) is 1.11. The van der Waals surface area contributed by atoms with Gasteiger partial charge >= 0.3 is 5.84 Å². The summed E-state index contributed by atoms with van der Waals surface area (Å²) < 4.78 is 0. The lowest BCUT2D eigenvalue weighted by molar-refractivity contribution is -0.355. The fourth-order valence-electron chi connectivity index (χ4n) is 0.593. The molecule has 9 heavy (non-hydrogen) atoms. The third kappa shape index (κ3) is 0.984. The van der Waals surface area contributed by atoms with Crippen LogP contribution in [0.4, 0.5) is 0 Å². The van der Waals surface area contributed by atoms with Crippen molar-refractivity contribution >= 4 is 5.84 Å². The van der Waals surface area contributed by atoms with Gasteiger partial charge in [-0.25, -0.2) is 0 Å². The van der Waals surface area contributed by atoms with Crippen LogP contribution in [0.2, 0.25) is 0 Å². The van der Waals surface area contributed by atoms with Crippen molar-refractivity contribution in [3.63, 3.8) is 0 Å². The Balaban J connectivity index is 2.68. The quantitative estimate of drug-likeness (QED) is 0.348. The monoisotopic (exact) mass is 130 g/mol. The normalized spacial score (nSPS) is 25.0. The van der Waals surface area contributed by atoms with Gasteiger partial charge in [-0.2, -0.15) is 0 Å². The average molecular weight is 130 g/mol. The zero-order chi connectivity index (χ0) is 6.85. The average Bonchev–Trinajstić information content (AvgIpc) is 2.13. The molecule has 5 heteroatoms. The summed E-state index contributed by atoms with van der Waals surface area (Å²) in [5, 5.41) is 13.2. The van der Waals surface area contributed by atoms with Gasteiger partial charge in [-0.05, 0) is 11.8 Å². The van der Waals surface area contributed by atoms with Crippen molar-refractivity contribution in [2.75, 3.05) is 6.61 Å². The van der Waals surface area contributed by atoms with E-state index in [4.69, 9.17) is 0 Å². The number of rotatable bonds is 0. The second-order valence-corrected chi connectivity index (χ2v) is 1.90. The molecule has 0 aromatic rings. The summed E-state index contributed by atoms with van der Waals surface area (Å²) in [7, 11) is 0. The van der Waals surface area contributed by atoms with Crippen molar-refractivity contribution in [3.05, 3.63) is 10.1 Å². The van der Waals surface area contributed by atoms with Gasteiger partial charge < -0.3 is 10.1 Å². The van der Waals surface area contributed by atoms with Crippen LogP contribution in [0.5, 0.6) is 0 Å². The van der Waals surface area contributed by atoms with E-state index < -0.39 is 4.92 Å². The minimum Gasteiger partial charge on any atom is -0.358 e. The number of oxime groups is 1. The van der Waals surface area contributed by atoms with E-state index in [2.05, 4.69) is 9.99 Å². The Morgan fingerprint density at radius 1 is 2.00 bits per heavy atom. The molecule has 50 valence electrons. The minimum atomic E-state index is -0.516. The van der Waals surface area contributed by atoms with E-state index in [1.54, 1.807) is 6.92 Å². The van der Waals surface area contributed by atoms with E-state index >= 15 is 0 Å². The first-order valence-electron chi connectivity index (χ1n) is 2.56. The Kier molecular flexibility index (Phi) is 1.33. The molecule has 0 aliphatic carbocycles. The molecule has 0 aromatic heterocycles. The Hall–Kier alpha value is -1.13. The summed E-state index contributed by atoms with van der Waals surface area (Å²) in [6.45, 7) is 2.03. The van der Waals surface area contributed by atoms with Gasteiger partial charge in [0, 0.05) is 0 Å². The molecule has 1 aliphatic heterocycles. The maximum atomic E-state index is 10.0. The van der Waals surface area contributed by atoms with Crippen LogP contribution in [0.3, 0.4) is 0 Å². The molecule has 0 spiro atoms. The van der Waals surface area contributed by atoms with Crippen LogP contribution >= 0.6 is 0 Å². The number of hydrogen-bond acceptors (Lipinski definition) is 4. The Bertz CT molecular complexity index is 165. The maximum absolute atomic E-state index is 10.0. The van der Waals surface area contributed by atoms with Crippen molar-refractivity contribution in [2.45, 2.75) is 6.92 Å². The second-order valence-electron chi connectivity index (χ2n) is 1.90. The van der Waals surface area contributed by atoms with Gasteiger partial charge in [0.2, 0.25) is 0 Å². The summed E-state index contributed by atoms with van der Waals surface area (Å²) in [4.78, 5) is 14.0. The van der Waals surface area contributed by atoms with Crippen molar-refractivity contribution < 1.29 is 9.76 Å². The predicted molar refractivity (Wildman–Crippen MR) is 29.5 cm³/mol. The van der Waals surface area contributed by atoms with Gasteiger partial charge in [-0.15, -0.1) is 0 Å². The zero-order valence-electron chi connectivity index (χ0n) is 4.90. The Morgan fingerprint density at radius 3 is 2.89 bits per heavy atom. The molecule has 1 rings (SSSR count). The first-order valence-corrected chi connectivity index (χ1v) is 2.56. The van der Waals surface area contributed by atoms with Crippen LogP contribution in [0.25, 0.3) is 0 Å². The molecule has 0 saturated heterocycles. The summed E-state index contributed by atoms with van der Waals surface area (Å²) in [5.74, 6) is -0.241. The fourth-order valence-corrected chi connectivity index (χ4v) is 0.593. The molecular formula is C4H6N2O3. The number of amidine groups is 1. The van der Waals surface area contributed by atoms with Crippen LogP contribution in [0, 0.1) is 16.0 Å². The Labute approximate surface area is 51.4 Å². The molecule has 1 atom stereocenters. The third-order valence-electron chi connectivity index (χ3n) is 1.11. The highest BCUT2D eigenvalue weighted by Crippen LogP contribution is 2.08. The van der Waals surface area contributed by atoms with Crippen molar-refractivity contribution in [1.82, 2.24) is 0 Å². The highest BCUT2D eigenvalue weighted by atomic mass is 16.7. The lowest BCUT2D eigenvalue weighted by Gasteiger charge is -1.92. The topological polar surface area (TPSA) is 64.7 Å². The molecule has 1 heterocycles. The van der Waals surface area contributed by atoms with E-state index in [-0.39, 0.29) is 11.8 Å². The van der Waals surface area contributed by atoms with Crippen LogP contribution in [-0.4, -0.2) is 17.4 Å². The summed E-state index contributed by atoms with van der Waals surface area (Å²) in [6.07, 6.45) is 0. The van der Waals surface area contributed by atoms with Gasteiger partial charge in [0.1, 0.15) is 5.92 Å². The summed E-state index contributed by atoms with van der Waals surface area (Å²) >= 11 is 0. The minimum absolute atomic E-state index is 0.0741. The van der Waals surface area contributed by atoms with Gasteiger partial charge in [0.25, 0.3) is 0 Å². The van der Waals surface area contributed by atoms with E-state index in [0.29, 0.717) is 6.61 Å². The first-order chi connectivity index (χ1) is 4.22. The van der Waals surface area contributed by atoms with Crippen LogP contribution in [-0.2, 0) is 4.84 Å². The summed E-state index contributed by atoms with van der Waals surface area (Å²) in [5.41, 5.74) is 0. The van der Waals surface area contributed by atoms with Crippen LogP contribution in [0.1, 0.15) is 6.92 Å². The number of nitrogens with zero attached hydrogens (tertiary/aromatic N) is 2. The smallest absolute Gasteiger partial charge is 0.358 e. The fraction of sp³-hybridized carbons (Fsp3) is 0.750. The largest absolute Gasteiger partial charge is 0.391 e. The molecule has 0 fully saturated rings. The molecular weight excluding hydrogens is 124 g/mol. The lowest BCUT2D eigenvalue weighted by atomic mass is 10.2. The molecule has 0 bridgehead atoms. The molecule has 1 aliphatic rings. The highest BCUT2D eigenvalue weighted by molar-refractivity contribution is 5.76. The molecule has 0 radical (unpaired) electrons. The van der Waals surface area contributed by atoms with Gasteiger partial charge in [-0.1, -0.05) is 0 Å². The maximum Gasteiger partial charge on any atom is 0.391 e. The van der Waals surface area contributed by atoms with Crippen molar-refractivity contribution in [3.8, 4) is 0 Å². The van der Waals surface area contributed by atoms with E-state index in [0.717, 1.165) is 0 Å². The highest BCUT2D eigenvalue weighted by Gasteiger charge is 2.30. The van der Waals surface area contributed by atoms with E-state index in [1.165, 1.54) is 0 Å². The predicted octanol–water partition coefficient (Wildman–Crippen LogP) is 0.243. The van der Waals surface area contributed by atoms with Crippen LogP contribution < -0.4 is 0 Å². The number of nitro groups is 1. The van der Waals surface area contributed by atoms with Crippen molar-refractivity contribution in [2.24, 2.45) is 11.1 Å². The van der Waals surface area contributed by atoms with E-state index in [1.807, 2.05) is 0 Å². The molecule has 0 N–H and O–H groups in total. The Morgan fingerprint density at radius 2 is 2.67 bits per heavy atom. The second kappa shape index (κ2) is 2.00. The molecule has 0 aromatic carbocycles.